The molecule has 3 aromatic carbocycles. The van der Waals surface area contributed by atoms with Crippen LogP contribution in [0.4, 0.5) is 0 Å². The largest absolute Gasteiger partial charge is 0.493 e. The van der Waals surface area contributed by atoms with Gasteiger partial charge in [-0.15, -0.1) is 12.8 Å². The van der Waals surface area contributed by atoms with Crippen LogP contribution in [0.3, 0.4) is 0 Å². The predicted octanol–water partition coefficient (Wildman–Crippen LogP) is 4.16. The Kier molecular flexibility index (Phi) is 8.15. The zero-order valence-corrected chi connectivity index (χ0v) is 18.3. The molecule has 0 saturated carbocycles. The molecule has 0 bridgehead atoms. The van der Waals surface area contributed by atoms with Crippen molar-refractivity contribution in [3.63, 3.8) is 0 Å². The highest BCUT2D eigenvalue weighted by molar-refractivity contribution is 5.92. The first-order valence-corrected chi connectivity index (χ1v) is 9.99. The molecule has 0 aliphatic heterocycles. The molecule has 170 valence electrons. The third kappa shape index (κ3) is 6.32. The lowest BCUT2D eigenvalue weighted by atomic mass is 10.2. The number of hydrogen-bond acceptors (Lipinski definition) is 7. The van der Waals surface area contributed by atoms with E-state index in [1.165, 1.54) is 25.3 Å². The Morgan fingerprint density at radius 3 is 1.62 bits per heavy atom. The first-order valence-electron chi connectivity index (χ1n) is 9.99. The molecule has 0 N–H and O–H groups in total. The van der Waals surface area contributed by atoms with Gasteiger partial charge in [-0.3, -0.25) is 0 Å². The maximum absolute atomic E-state index is 12.5. The summed E-state index contributed by atoms with van der Waals surface area (Å²) in [5.41, 5.74) is 0.623. The van der Waals surface area contributed by atoms with Crippen LogP contribution in [0.5, 0.6) is 28.7 Å². The highest BCUT2D eigenvalue weighted by Crippen LogP contribution is 2.32. The zero-order valence-electron chi connectivity index (χ0n) is 18.3. The number of carbonyl (C=O) groups excluding carboxylic acids is 2. The number of ether oxygens (including phenoxy) is 5. The second kappa shape index (κ2) is 11.7. The van der Waals surface area contributed by atoms with Crippen LogP contribution in [-0.2, 0) is 0 Å². The summed E-state index contributed by atoms with van der Waals surface area (Å²) in [6.07, 6.45) is 10.3. The van der Waals surface area contributed by atoms with Crippen LogP contribution >= 0.6 is 0 Å². The number of carbonyl (C=O) groups is 2. The van der Waals surface area contributed by atoms with E-state index in [9.17, 15) is 9.59 Å². The third-order valence-corrected chi connectivity index (χ3v) is 4.37. The van der Waals surface area contributed by atoms with Gasteiger partial charge in [0.15, 0.2) is 11.5 Å². The van der Waals surface area contributed by atoms with Gasteiger partial charge in [0.25, 0.3) is 0 Å². The molecular formula is C27H20O7. The van der Waals surface area contributed by atoms with Gasteiger partial charge in [0.05, 0.1) is 18.2 Å². The molecule has 0 heterocycles. The second-order valence-electron chi connectivity index (χ2n) is 6.63. The van der Waals surface area contributed by atoms with E-state index in [-0.39, 0.29) is 30.5 Å². The molecule has 0 radical (unpaired) electrons. The molecule has 0 atom stereocenters. The summed E-state index contributed by atoms with van der Waals surface area (Å²) in [5.74, 6) is 5.21. The number of terminal acetylenes is 2. The van der Waals surface area contributed by atoms with Gasteiger partial charge in [-0.2, -0.15) is 0 Å². The Hall–Kier alpha value is -4.88. The van der Waals surface area contributed by atoms with E-state index in [0.717, 1.165) is 0 Å². The lowest BCUT2D eigenvalue weighted by Crippen LogP contribution is -2.10. The van der Waals surface area contributed by atoms with Crippen LogP contribution in [0.1, 0.15) is 20.7 Å². The fraction of sp³-hybridized carbons (Fsp3) is 0.111. The number of esters is 2. The maximum atomic E-state index is 12.5. The van der Waals surface area contributed by atoms with Crippen molar-refractivity contribution in [2.24, 2.45) is 0 Å². The van der Waals surface area contributed by atoms with E-state index in [1.54, 1.807) is 48.5 Å². The Bertz CT molecular complexity index is 1230. The molecule has 7 heteroatoms. The lowest BCUT2D eigenvalue weighted by Gasteiger charge is -2.12. The molecule has 0 aromatic heterocycles. The highest BCUT2D eigenvalue weighted by Gasteiger charge is 2.15. The molecule has 3 rings (SSSR count). The minimum absolute atomic E-state index is 0.129. The van der Waals surface area contributed by atoms with Gasteiger partial charge >= 0.3 is 11.9 Å². The predicted molar refractivity (Wildman–Crippen MR) is 124 cm³/mol. The maximum Gasteiger partial charge on any atom is 0.343 e. The Morgan fingerprint density at radius 2 is 1.15 bits per heavy atom. The van der Waals surface area contributed by atoms with Gasteiger partial charge in [-0.1, -0.05) is 11.8 Å². The van der Waals surface area contributed by atoms with Gasteiger partial charge in [0, 0.05) is 6.07 Å². The van der Waals surface area contributed by atoms with Crippen LogP contribution in [0.25, 0.3) is 0 Å². The van der Waals surface area contributed by atoms with Gasteiger partial charge in [-0.25, -0.2) is 9.59 Å². The van der Waals surface area contributed by atoms with E-state index in [1.807, 2.05) is 0 Å². The fourth-order valence-electron chi connectivity index (χ4n) is 2.74. The molecule has 3 aromatic rings. The summed E-state index contributed by atoms with van der Waals surface area (Å²) in [6.45, 7) is 0.261. The number of rotatable bonds is 9. The van der Waals surface area contributed by atoms with E-state index in [0.29, 0.717) is 22.6 Å². The van der Waals surface area contributed by atoms with Crippen molar-refractivity contribution in [3.8, 4) is 53.4 Å². The first-order chi connectivity index (χ1) is 16.5. The molecule has 0 amide bonds. The van der Waals surface area contributed by atoms with Crippen LogP contribution < -0.4 is 23.7 Å². The number of methoxy groups -OCH3 is 1. The van der Waals surface area contributed by atoms with Crippen molar-refractivity contribution in [3.05, 3.63) is 77.9 Å². The second-order valence-corrected chi connectivity index (χ2v) is 6.63. The molecular weight excluding hydrogens is 436 g/mol. The van der Waals surface area contributed by atoms with Crippen LogP contribution in [0, 0.1) is 24.7 Å². The molecule has 0 saturated heterocycles. The minimum atomic E-state index is -0.598. The summed E-state index contributed by atoms with van der Waals surface area (Å²) in [4.78, 5) is 24.9. The third-order valence-electron chi connectivity index (χ3n) is 4.37. The van der Waals surface area contributed by atoms with Gasteiger partial charge in [0.2, 0.25) is 0 Å². The molecule has 34 heavy (non-hydrogen) atoms. The molecule has 7 nitrogen and oxygen atoms in total. The van der Waals surface area contributed by atoms with Crippen molar-refractivity contribution in [1.82, 2.24) is 0 Å². The molecule has 0 fully saturated rings. The van der Waals surface area contributed by atoms with E-state index >= 15 is 0 Å². The standard InChI is InChI=1S/C27H20O7/c1-4-16-31-21-10-6-19(7-11-21)26(28)33-23-14-15-24(25(18-23)30-3)34-27(29)20-8-12-22(13-9-20)32-17-5-2/h1-2,6-15,18H,16-17H2,3H3. The topological polar surface area (TPSA) is 80.3 Å². The zero-order chi connectivity index (χ0) is 24.3. The summed E-state index contributed by atoms with van der Waals surface area (Å²) < 4.78 is 26.7. The Balaban J connectivity index is 1.65. The monoisotopic (exact) mass is 456 g/mol. The van der Waals surface area contributed by atoms with Crippen LogP contribution in [0.2, 0.25) is 0 Å². The van der Waals surface area contributed by atoms with Gasteiger partial charge in [-0.05, 0) is 60.7 Å². The summed E-state index contributed by atoms with van der Waals surface area (Å²) in [6, 6.07) is 17.1. The minimum Gasteiger partial charge on any atom is -0.493 e. The fourth-order valence-corrected chi connectivity index (χ4v) is 2.74. The van der Waals surface area contributed by atoms with Crippen molar-refractivity contribution >= 4 is 11.9 Å². The average molecular weight is 456 g/mol. The molecule has 0 spiro atoms. The van der Waals surface area contributed by atoms with E-state index in [2.05, 4.69) is 11.8 Å². The van der Waals surface area contributed by atoms with Crippen LogP contribution in [-0.4, -0.2) is 32.3 Å². The highest BCUT2D eigenvalue weighted by atomic mass is 16.6. The van der Waals surface area contributed by atoms with E-state index in [4.69, 9.17) is 36.5 Å². The van der Waals surface area contributed by atoms with Crippen molar-refractivity contribution in [2.45, 2.75) is 0 Å². The van der Waals surface area contributed by atoms with Crippen molar-refractivity contribution in [2.75, 3.05) is 20.3 Å². The average Bonchev–Trinajstić information content (AvgIpc) is 2.87. The number of benzene rings is 3. The summed E-state index contributed by atoms with van der Waals surface area (Å²) in [5, 5.41) is 0. The first kappa shape index (κ1) is 23.8. The van der Waals surface area contributed by atoms with Crippen molar-refractivity contribution in [1.29, 1.82) is 0 Å². The Morgan fingerprint density at radius 1 is 0.676 bits per heavy atom. The summed E-state index contributed by atoms with van der Waals surface area (Å²) >= 11 is 0. The van der Waals surface area contributed by atoms with E-state index < -0.39 is 11.9 Å². The quantitative estimate of drug-likeness (QED) is 0.272. The van der Waals surface area contributed by atoms with Gasteiger partial charge in [0.1, 0.15) is 30.5 Å². The molecule has 0 aliphatic rings. The van der Waals surface area contributed by atoms with Gasteiger partial charge < -0.3 is 23.7 Å². The SMILES string of the molecule is C#CCOc1ccc(C(=O)Oc2ccc(OC(=O)c3ccc(OCC#C)cc3)c(OC)c2)cc1. The normalized spacial score (nSPS) is 9.74. The molecule has 0 aliphatic carbocycles. The number of hydrogen-bond donors (Lipinski definition) is 0. The van der Waals surface area contributed by atoms with Crippen molar-refractivity contribution < 1.29 is 33.3 Å². The molecule has 0 unspecified atom stereocenters. The summed E-state index contributed by atoms with van der Waals surface area (Å²) in [7, 11) is 1.41. The van der Waals surface area contributed by atoms with Crippen LogP contribution in [0.15, 0.2) is 66.7 Å². The lowest BCUT2D eigenvalue weighted by molar-refractivity contribution is 0.0715. The smallest absolute Gasteiger partial charge is 0.343 e. The Labute approximate surface area is 197 Å².